The van der Waals surface area contributed by atoms with Crippen LogP contribution in [0.3, 0.4) is 0 Å². The molecule has 1 saturated heterocycles. The number of rotatable bonds is 2. The number of aromatic amines is 1. The normalized spacial score (nSPS) is 16.3. The van der Waals surface area contributed by atoms with Crippen molar-refractivity contribution in [2.24, 2.45) is 0 Å². The Bertz CT molecular complexity index is 769. The van der Waals surface area contributed by atoms with E-state index in [9.17, 15) is 0 Å². The molecule has 4 rings (SSSR count). The highest BCUT2D eigenvalue weighted by Crippen LogP contribution is 2.25. The van der Waals surface area contributed by atoms with Gasteiger partial charge in [0.15, 0.2) is 5.65 Å². The van der Waals surface area contributed by atoms with Gasteiger partial charge in [0.05, 0.1) is 6.20 Å². The molecule has 2 aromatic heterocycles. The van der Waals surface area contributed by atoms with Crippen molar-refractivity contribution in [3.63, 3.8) is 0 Å². The third-order valence-electron chi connectivity index (χ3n) is 4.36. The second kappa shape index (κ2) is 5.42. The first-order chi connectivity index (χ1) is 10.8. The van der Waals surface area contributed by atoms with Gasteiger partial charge in [0.25, 0.3) is 0 Å². The molecule has 0 atom stereocenters. The van der Waals surface area contributed by atoms with Crippen LogP contribution in [0.25, 0.3) is 22.2 Å². The first-order valence-corrected chi connectivity index (χ1v) is 7.63. The van der Waals surface area contributed by atoms with Gasteiger partial charge in [-0.1, -0.05) is 12.1 Å². The van der Waals surface area contributed by atoms with E-state index < -0.39 is 0 Å². The first kappa shape index (κ1) is 13.3. The predicted molar refractivity (Wildman–Crippen MR) is 89.0 cm³/mol. The van der Waals surface area contributed by atoms with E-state index in [4.69, 9.17) is 0 Å². The molecular weight excluding hydrogens is 274 g/mol. The van der Waals surface area contributed by atoms with Crippen LogP contribution in [-0.4, -0.2) is 53.3 Å². The Morgan fingerprint density at radius 2 is 1.73 bits per heavy atom. The van der Waals surface area contributed by atoms with Crippen LogP contribution in [0.5, 0.6) is 0 Å². The molecule has 5 heteroatoms. The summed E-state index contributed by atoms with van der Waals surface area (Å²) in [6, 6.07) is 10.9. The van der Waals surface area contributed by atoms with Crippen LogP contribution in [-0.2, 0) is 0 Å². The highest BCUT2D eigenvalue weighted by Gasteiger charge is 2.14. The molecule has 0 radical (unpaired) electrons. The molecule has 0 amide bonds. The van der Waals surface area contributed by atoms with Gasteiger partial charge < -0.3 is 9.80 Å². The molecule has 0 spiro atoms. The standard InChI is InChI=1S/C17H19N5/c1-21-6-8-22(9-7-21)16-4-2-13(3-5-16)14-10-15-12-19-20-17(15)18-11-14/h2-5,10-12H,6-9H2,1H3,(H,18,19,20). The quantitative estimate of drug-likeness (QED) is 0.788. The largest absolute Gasteiger partial charge is 0.369 e. The number of nitrogens with zero attached hydrogens (tertiary/aromatic N) is 4. The molecule has 0 unspecified atom stereocenters. The minimum absolute atomic E-state index is 0.831. The monoisotopic (exact) mass is 293 g/mol. The minimum Gasteiger partial charge on any atom is -0.369 e. The lowest BCUT2D eigenvalue weighted by Gasteiger charge is -2.34. The molecule has 112 valence electrons. The van der Waals surface area contributed by atoms with Crippen molar-refractivity contribution in [3.05, 3.63) is 42.7 Å². The van der Waals surface area contributed by atoms with Gasteiger partial charge in [0.2, 0.25) is 0 Å². The van der Waals surface area contributed by atoms with E-state index in [1.54, 1.807) is 0 Å². The van der Waals surface area contributed by atoms with E-state index in [0.29, 0.717) is 0 Å². The van der Waals surface area contributed by atoms with Crippen molar-refractivity contribution >= 4 is 16.7 Å². The highest BCUT2D eigenvalue weighted by atomic mass is 15.2. The number of pyridine rings is 1. The number of piperazine rings is 1. The Kier molecular flexibility index (Phi) is 3.27. The second-order valence-electron chi connectivity index (χ2n) is 5.87. The number of fused-ring (bicyclic) bond motifs is 1. The fourth-order valence-corrected chi connectivity index (χ4v) is 2.92. The lowest BCUT2D eigenvalue weighted by molar-refractivity contribution is 0.313. The second-order valence-corrected chi connectivity index (χ2v) is 5.87. The summed E-state index contributed by atoms with van der Waals surface area (Å²) < 4.78 is 0. The summed E-state index contributed by atoms with van der Waals surface area (Å²) in [5.74, 6) is 0. The summed E-state index contributed by atoms with van der Waals surface area (Å²) >= 11 is 0. The van der Waals surface area contributed by atoms with E-state index in [-0.39, 0.29) is 0 Å². The molecule has 1 aliphatic heterocycles. The van der Waals surface area contributed by atoms with Crippen LogP contribution in [0, 0.1) is 0 Å². The Balaban J connectivity index is 1.58. The number of benzene rings is 1. The molecule has 1 aromatic carbocycles. The first-order valence-electron chi connectivity index (χ1n) is 7.63. The fraction of sp³-hybridized carbons (Fsp3) is 0.294. The van der Waals surface area contributed by atoms with Gasteiger partial charge in [0.1, 0.15) is 0 Å². The maximum absolute atomic E-state index is 4.40. The van der Waals surface area contributed by atoms with Gasteiger partial charge in [-0.05, 0) is 30.8 Å². The molecule has 1 aliphatic rings. The molecule has 3 heterocycles. The lowest BCUT2D eigenvalue weighted by Crippen LogP contribution is -2.44. The number of likely N-dealkylation sites (N-methyl/N-ethyl adjacent to an activating group) is 1. The van der Waals surface area contributed by atoms with Crippen molar-refractivity contribution in [2.45, 2.75) is 0 Å². The summed E-state index contributed by atoms with van der Waals surface area (Å²) in [4.78, 5) is 9.22. The van der Waals surface area contributed by atoms with Crippen LogP contribution in [0.4, 0.5) is 5.69 Å². The maximum Gasteiger partial charge on any atom is 0.155 e. The summed E-state index contributed by atoms with van der Waals surface area (Å²) in [7, 11) is 2.18. The Labute approximate surface area is 129 Å². The van der Waals surface area contributed by atoms with Gasteiger partial charge in [-0.3, -0.25) is 5.10 Å². The van der Waals surface area contributed by atoms with E-state index in [1.807, 2.05) is 12.4 Å². The maximum atomic E-state index is 4.40. The van der Waals surface area contributed by atoms with Crippen LogP contribution >= 0.6 is 0 Å². The van der Waals surface area contributed by atoms with Gasteiger partial charge >= 0.3 is 0 Å². The third-order valence-corrected chi connectivity index (χ3v) is 4.36. The van der Waals surface area contributed by atoms with Gasteiger partial charge in [-0.25, -0.2) is 4.98 Å². The molecule has 3 aromatic rings. The van der Waals surface area contributed by atoms with Crippen LogP contribution in [0.1, 0.15) is 0 Å². The van der Waals surface area contributed by atoms with Crippen LogP contribution < -0.4 is 4.90 Å². The molecule has 0 bridgehead atoms. The highest BCUT2D eigenvalue weighted by molar-refractivity contribution is 5.80. The SMILES string of the molecule is CN1CCN(c2ccc(-c3cnc4[nH]ncc4c3)cc2)CC1. The Morgan fingerprint density at radius 3 is 2.50 bits per heavy atom. The topological polar surface area (TPSA) is 48.0 Å². The van der Waals surface area contributed by atoms with Crippen molar-refractivity contribution in [2.75, 3.05) is 38.1 Å². The molecule has 22 heavy (non-hydrogen) atoms. The minimum atomic E-state index is 0.831. The van der Waals surface area contributed by atoms with Crippen LogP contribution in [0.15, 0.2) is 42.7 Å². The average Bonchev–Trinajstić information content (AvgIpc) is 3.03. The van der Waals surface area contributed by atoms with Crippen molar-refractivity contribution < 1.29 is 0 Å². The van der Waals surface area contributed by atoms with Crippen molar-refractivity contribution in [3.8, 4) is 11.1 Å². The number of nitrogens with one attached hydrogen (secondary N) is 1. The number of aromatic nitrogens is 3. The molecule has 5 nitrogen and oxygen atoms in total. The van der Waals surface area contributed by atoms with E-state index >= 15 is 0 Å². The number of H-pyrrole nitrogens is 1. The summed E-state index contributed by atoms with van der Waals surface area (Å²) in [5.41, 5.74) is 4.44. The molecule has 0 saturated carbocycles. The molecule has 1 N–H and O–H groups in total. The fourth-order valence-electron chi connectivity index (χ4n) is 2.92. The van der Waals surface area contributed by atoms with Gasteiger partial charge in [-0.2, -0.15) is 5.10 Å². The lowest BCUT2D eigenvalue weighted by atomic mass is 10.1. The summed E-state index contributed by atoms with van der Waals surface area (Å²) in [6.45, 7) is 4.45. The van der Waals surface area contributed by atoms with E-state index in [1.165, 1.54) is 11.3 Å². The predicted octanol–water partition coefficient (Wildman–Crippen LogP) is 2.38. The molecule has 1 fully saturated rings. The molecule has 0 aliphatic carbocycles. The Hall–Kier alpha value is -2.40. The zero-order valence-electron chi connectivity index (χ0n) is 12.7. The average molecular weight is 293 g/mol. The van der Waals surface area contributed by atoms with Crippen LogP contribution in [0.2, 0.25) is 0 Å². The molecular formula is C17H19N5. The summed E-state index contributed by atoms with van der Waals surface area (Å²) in [6.07, 6.45) is 3.70. The third kappa shape index (κ3) is 2.44. The zero-order chi connectivity index (χ0) is 14.9. The Morgan fingerprint density at radius 1 is 0.955 bits per heavy atom. The smallest absolute Gasteiger partial charge is 0.155 e. The number of anilines is 1. The number of hydrogen-bond donors (Lipinski definition) is 1. The van der Waals surface area contributed by atoms with Gasteiger partial charge in [-0.15, -0.1) is 0 Å². The number of hydrogen-bond acceptors (Lipinski definition) is 4. The zero-order valence-corrected chi connectivity index (χ0v) is 12.7. The summed E-state index contributed by atoms with van der Waals surface area (Å²) in [5, 5.41) is 7.94. The van der Waals surface area contributed by atoms with E-state index in [0.717, 1.165) is 42.8 Å². The van der Waals surface area contributed by atoms with Crippen molar-refractivity contribution in [1.82, 2.24) is 20.1 Å². The van der Waals surface area contributed by atoms with Crippen molar-refractivity contribution in [1.29, 1.82) is 0 Å². The van der Waals surface area contributed by atoms with E-state index in [2.05, 4.69) is 62.4 Å². The van der Waals surface area contributed by atoms with Gasteiger partial charge in [0, 0.05) is 49.0 Å².